The zero-order valence-corrected chi connectivity index (χ0v) is 10.3. The van der Waals surface area contributed by atoms with Gasteiger partial charge >= 0.3 is 0 Å². The Labute approximate surface area is 105 Å². The predicted molar refractivity (Wildman–Crippen MR) is 70.4 cm³/mol. The summed E-state index contributed by atoms with van der Waals surface area (Å²) in [7, 11) is 0. The summed E-state index contributed by atoms with van der Waals surface area (Å²) >= 11 is 0. The lowest BCUT2D eigenvalue weighted by molar-refractivity contribution is 0.268. The van der Waals surface area contributed by atoms with Crippen molar-refractivity contribution in [1.29, 1.82) is 0 Å². The first-order valence-corrected chi connectivity index (χ1v) is 6.03. The Hall–Kier alpha value is -1.72. The highest BCUT2D eigenvalue weighted by Crippen LogP contribution is 2.05. The predicted octanol–water partition coefficient (Wildman–Crippen LogP) is 0.784. The van der Waals surface area contributed by atoms with E-state index in [0.717, 1.165) is 0 Å². The summed E-state index contributed by atoms with van der Waals surface area (Å²) in [5.74, 6) is 0.614. The van der Waals surface area contributed by atoms with Crippen molar-refractivity contribution in [3.63, 3.8) is 0 Å². The summed E-state index contributed by atoms with van der Waals surface area (Å²) in [6.45, 7) is 2.62. The summed E-state index contributed by atoms with van der Waals surface area (Å²) in [5, 5.41) is 12.6. The van der Waals surface area contributed by atoms with E-state index in [1.165, 1.54) is 0 Å². The number of H-pyrrole nitrogens is 1. The van der Waals surface area contributed by atoms with Crippen LogP contribution in [0.2, 0.25) is 0 Å². The molecule has 1 aromatic carbocycles. The van der Waals surface area contributed by atoms with Crippen LogP contribution in [0.3, 0.4) is 0 Å². The van der Waals surface area contributed by atoms with Crippen LogP contribution in [0.4, 0.5) is 0 Å². The number of aromatic amines is 1. The van der Waals surface area contributed by atoms with Crippen LogP contribution in [0.1, 0.15) is 19.2 Å². The number of rotatable bonds is 5. The highest BCUT2D eigenvalue weighted by molar-refractivity contribution is 5.77. The molecule has 0 fully saturated rings. The molecule has 0 amide bonds. The van der Waals surface area contributed by atoms with Gasteiger partial charge in [0, 0.05) is 12.6 Å². The Balaban J connectivity index is 2.17. The molecule has 0 radical (unpaired) electrons. The monoisotopic (exact) mass is 247 g/mol. The molecule has 5 nitrogen and oxygen atoms in total. The largest absolute Gasteiger partial charge is 0.396 e. The van der Waals surface area contributed by atoms with Crippen molar-refractivity contribution in [2.24, 2.45) is 0 Å². The second-order valence-corrected chi connectivity index (χ2v) is 4.32. The topological polar surface area (TPSA) is 78.0 Å². The quantitative estimate of drug-likeness (QED) is 0.729. The van der Waals surface area contributed by atoms with E-state index in [9.17, 15) is 4.79 Å². The van der Waals surface area contributed by atoms with E-state index in [4.69, 9.17) is 5.11 Å². The molecule has 0 saturated heterocycles. The molecule has 2 aromatic rings. The molecule has 1 heterocycles. The smallest absolute Gasteiger partial charge is 0.258 e. The molecule has 0 saturated carbocycles. The van der Waals surface area contributed by atoms with Gasteiger partial charge < -0.3 is 15.4 Å². The second-order valence-electron chi connectivity index (χ2n) is 4.32. The summed E-state index contributed by atoms with van der Waals surface area (Å²) in [5.41, 5.74) is 0.583. The van der Waals surface area contributed by atoms with Crippen LogP contribution in [-0.2, 0) is 6.54 Å². The standard InChI is InChI=1S/C13H17N3O2/c1-9(6-7-17)14-8-12-15-11-5-3-2-4-10(11)13(18)16-12/h2-5,9,14,17H,6-8H2,1H3,(H,15,16,18). The van der Waals surface area contributed by atoms with Gasteiger partial charge in [0.15, 0.2) is 0 Å². The van der Waals surface area contributed by atoms with Gasteiger partial charge in [0.2, 0.25) is 0 Å². The lowest BCUT2D eigenvalue weighted by Crippen LogP contribution is -2.28. The molecule has 2 rings (SSSR count). The average Bonchev–Trinajstić information content (AvgIpc) is 2.37. The van der Waals surface area contributed by atoms with Crippen molar-refractivity contribution in [3.05, 3.63) is 40.4 Å². The van der Waals surface area contributed by atoms with E-state index in [-0.39, 0.29) is 18.2 Å². The number of nitrogens with zero attached hydrogens (tertiary/aromatic N) is 1. The van der Waals surface area contributed by atoms with E-state index in [0.29, 0.717) is 29.7 Å². The fourth-order valence-corrected chi connectivity index (χ4v) is 1.79. The third-order valence-electron chi connectivity index (χ3n) is 2.84. The number of nitrogens with one attached hydrogen (secondary N) is 2. The minimum Gasteiger partial charge on any atom is -0.396 e. The Bertz CT molecular complexity index is 580. The van der Waals surface area contributed by atoms with Gasteiger partial charge in [-0.3, -0.25) is 4.79 Å². The number of benzene rings is 1. The van der Waals surface area contributed by atoms with E-state index in [2.05, 4.69) is 15.3 Å². The fraction of sp³-hybridized carbons (Fsp3) is 0.385. The molecule has 0 spiro atoms. The van der Waals surface area contributed by atoms with Gasteiger partial charge in [0.25, 0.3) is 5.56 Å². The molecule has 0 aliphatic rings. The van der Waals surface area contributed by atoms with E-state index >= 15 is 0 Å². The second kappa shape index (κ2) is 5.75. The zero-order valence-electron chi connectivity index (χ0n) is 10.3. The van der Waals surface area contributed by atoms with Gasteiger partial charge in [0.05, 0.1) is 17.4 Å². The van der Waals surface area contributed by atoms with Crippen LogP contribution in [0, 0.1) is 0 Å². The van der Waals surface area contributed by atoms with Crippen LogP contribution >= 0.6 is 0 Å². The molecule has 1 aromatic heterocycles. The first-order valence-electron chi connectivity index (χ1n) is 6.03. The Morgan fingerprint density at radius 3 is 3.00 bits per heavy atom. The summed E-state index contributed by atoms with van der Waals surface area (Å²) in [4.78, 5) is 19.0. The number of aliphatic hydroxyl groups excluding tert-OH is 1. The lowest BCUT2D eigenvalue weighted by Gasteiger charge is -2.11. The molecule has 1 unspecified atom stereocenters. The first kappa shape index (κ1) is 12.7. The number of aliphatic hydroxyl groups is 1. The number of para-hydroxylation sites is 1. The Morgan fingerprint density at radius 1 is 1.44 bits per heavy atom. The maximum absolute atomic E-state index is 11.8. The molecule has 18 heavy (non-hydrogen) atoms. The number of fused-ring (bicyclic) bond motifs is 1. The van der Waals surface area contributed by atoms with Crippen molar-refractivity contribution < 1.29 is 5.11 Å². The van der Waals surface area contributed by atoms with Crippen LogP contribution in [0.25, 0.3) is 10.9 Å². The van der Waals surface area contributed by atoms with Gasteiger partial charge in [-0.25, -0.2) is 4.98 Å². The zero-order chi connectivity index (χ0) is 13.0. The van der Waals surface area contributed by atoms with E-state index < -0.39 is 0 Å². The average molecular weight is 247 g/mol. The third-order valence-corrected chi connectivity index (χ3v) is 2.84. The van der Waals surface area contributed by atoms with Crippen LogP contribution in [-0.4, -0.2) is 27.7 Å². The molecular formula is C13H17N3O2. The van der Waals surface area contributed by atoms with Gasteiger partial charge in [-0.15, -0.1) is 0 Å². The summed E-state index contributed by atoms with van der Waals surface area (Å²) < 4.78 is 0. The minimum atomic E-state index is -0.118. The number of hydrogen-bond acceptors (Lipinski definition) is 4. The van der Waals surface area contributed by atoms with Crippen molar-refractivity contribution >= 4 is 10.9 Å². The molecule has 0 aliphatic heterocycles. The van der Waals surface area contributed by atoms with Gasteiger partial charge in [-0.2, -0.15) is 0 Å². The minimum absolute atomic E-state index is 0.118. The fourth-order valence-electron chi connectivity index (χ4n) is 1.79. The maximum Gasteiger partial charge on any atom is 0.258 e. The van der Waals surface area contributed by atoms with Gasteiger partial charge in [-0.05, 0) is 25.5 Å². The van der Waals surface area contributed by atoms with Crippen LogP contribution in [0.15, 0.2) is 29.1 Å². The summed E-state index contributed by atoms with van der Waals surface area (Å²) in [6, 6.07) is 7.45. The normalized spacial score (nSPS) is 12.8. The lowest BCUT2D eigenvalue weighted by atomic mass is 10.2. The first-order chi connectivity index (χ1) is 8.70. The van der Waals surface area contributed by atoms with Crippen LogP contribution < -0.4 is 10.9 Å². The number of hydrogen-bond donors (Lipinski definition) is 3. The summed E-state index contributed by atoms with van der Waals surface area (Å²) in [6.07, 6.45) is 0.678. The Kier molecular flexibility index (Phi) is 4.07. The van der Waals surface area contributed by atoms with Crippen molar-refractivity contribution in [2.75, 3.05) is 6.61 Å². The Morgan fingerprint density at radius 2 is 2.22 bits per heavy atom. The van der Waals surface area contributed by atoms with Gasteiger partial charge in [0.1, 0.15) is 5.82 Å². The third kappa shape index (κ3) is 2.94. The molecule has 96 valence electrons. The molecule has 5 heteroatoms. The van der Waals surface area contributed by atoms with E-state index in [1.54, 1.807) is 6.07 Å². The molecule has 3 N–H and O–H groups in total. The maximum atomic E-state index is 11.8. The van der Waals surface area contributed by atoms with Crippen molar-refractivity contribution in [1.82, 2.24) is 15.3 Å². The molecule has 0 aliphatic carbocycles. The molecule has 1 atom stereocenters. The number of aromatic nitrogens is 2. The van der Waals surface area contributed by atoms with Crippen molar-refractivity contribution in [2.45, 2.75) is 25.9 Å². The molecular weight excluding hydrogens is 230 g/mol. The van der Waals surface area contributed by atoms with Crippen LogP contribution in [0.5, 0.6) is 0 Å². The van der Waals surface area contributed by atoms with Gasteiger partial charge in [-0.1, -0.05) is 12.1 Å². The SMILES string of the molecule is CC(CCO)NCc1nc2ccccc2c(=O)[nH]1. The molecule has 0 bridgehead atoms. The highest BCUT2D eigenvalue weighted by atomic mass is 16.3. The highest BCUT2D eigenvalue weighted by Gasteiger charge is 2.05. The van der Waals surface area contributed by atoms with E-state index in [1.807, 2.05) is 25.1 Å². The van der Waals surface area contributed by atoms with Crippen molar-refractivity contribution in [3.8, 4) is 0 Å².